The Kier molecular flexibility index (Phi) is 7.56. The molecule has 0 bridgehead atoms. The van der Waals surface area contributed by atoms with Gasteiger partial charge in [0.2, 0.25) is 0 Å². The molecule has 1 rings (SSSR count). The van der Waals surface area contributed by atoms with Gasteiger partial charge in [0.1, 0.15) is 6.04 Å². The molecule has 1 unspecified atom stereocenters. The summed E-state index contributed by atoms with van der Waals surface area (Å²) in [7, 11) is 0. The lowest BCUT2D eigenvalue weighted by molar-refractivity contribution is -0.140. The van der Waals surface area contributed by atoms with Crippen LogP contribution in [0.5, 0.6) is 0 Å². The number of rotatable bonds is 8. The van der Waals surface area contributed by atoms with E-state index >= 15 is 0 Å². The molecule has 1 aliphatic carbocycles. The number of carbonyl (C=O) groups excluding carboxylic acids is 1. The molecular weight excluding hydrogens is 276 g/mol. The van der Waals surface area contributed by atoms with E-state index in [9.17, 15) is 14.4 Å². The Hall–Kier alpha value is -1.79. The summed E-state index contributed by atoms with van der Waals surface area (Å²) in [5.74, 6) is -1.67. The standard InChI is InChI=1S/C14H24N2O5/c17-12(18)7-6-11(13(19)20)16-14(21)15-9-8-10-4-2-1-3-5-10/h10-11H,1-9H2,(H,17,18)(H,19,20)(H2,15,16,21). The quantitative estimate of drug-likeness (QED) is 0.543. The summed E-state index contributed by atoms with van der Waals surface area (Å²) in [6.07, 6.45) is 6.65. The third-order valence-corrected chi connectivity index (χ3v) is 3.81. The molecule has 0 heterocycles. The van der Waals surface area contributed by atoms with Crippen LogP contribution < -0.4 is 10.6 Å². The van der Waals surface area contributed by atoms with Crippen LogP contribution in [0.2, 0.25) is 0 Å². The van der Waals surface area contributed by atoms with E-state index in [-0.39, 0.29) is 12.8 Å². The zero-order chi connectivity index (χ0) is 15.7. The smallest absolute Gasteiger partial charge is 0.326 e. The molecule has 120 valence electrons. The van der Waals surface area contributed by atoms with Gasteiger partial charge in [-0.2, -0.15) is 0 Å². The van der Waals surface area contributed by atoms with Gasteiger partial charge in [-0.3, -0.25) is 4.79 Å². The number of urea groups is 1. The largest absolute Gasteiger partial charge is 0.481 e. The van der Waals surface area contributed by atoms with Crippen LogP contribution in [0.1, 0.15) is 51.4 Å². The summed E-state index contributed by atoms with van der Waals surface area (Å²) < 4.78 is 0. The van der Waals surface area contributed by atoms with Crippen molar-refractivity contribution >= 4 is 18.0 Å². The SMILES string of the molecule is O=C(O)CCC(NC(=O)NCCC1CCCCC1)C(=O)O. The molecule has 1 saturated carbocycles. The zero-order valence-electron chi connectivity index (χ0n) is 12.1. The molecule has 2 amide bonds. The van der Waals surface area contributed by atoms with Gasteiger partial charge in [0.15, 0.2) is 0 Å². The monoisotopic (exact) mass is 300 g/mol. The molecule has 7 heteroatoms. The molecule has 0 aromatic carbocycles. The molecule has 0 aliphatic heterocycles. The fourth-order valence-electron chi connectivity index (χ4n) is 2.60. The lowest BCUT2D eigenvalue weighted by Gasteiger charge is -2.21. The average molecular weight is 300 g/mol. The summed E-state index contributed by atoms with van der Waals surface area (Å²) >= 11 is 0. The van der Waals surface area contributed by atoms with Crippen LogP contribution in [0.25, 0.3) is 0 Å². The highest BCUT2D eigenvalue weighted by atomic mass is 16.4. The van der Waals surface area contributed by atoms with E-state index in [0.717, 1.165) is 6.42 Å². The van der Waals surface area contributed by atoms with E-state index in [0.29, 0.717) is 12.5 Å². The maximum absolute atomic E-state index is 11.6. The maximum atomic E-state index is 11.6. The van der Waals surface area contributed by atoms with Crippen LogP contribution in [0.15, 0.2) is 0 Å². The highest BCUT2D eigenvalue weighted by Crippen LogP contribution is 2.25. The Morgan fingerprint density at radius 3 is 2.33 bits per heavy atom. The highest BCUT2D eigenvalue weighted by Gasteiger charge is 2.21. The third kappa shape index (κ3) is 7.53. The second-order valence-corrected chi connectivity index (χ2v) is 5.52. The van der Waals surface area contributed by atoms with Crippen LogP contribution in [-0.2, 0) is 9.59 Å². The number of hydrogen-bond donors (Lipinski definition) is 4. The van der Waals surface area contributed by atoms with Crippen molar-refractivity contribution in [1.29, 1.82) is 0 Å². The van der Waals surface area contributed by atoms with Gasteiger partial charge < -0.3 is 20.8 Å². The van der Waals surface area contributed by atoms with Crippen LogP contribution >= 0.6 is 0 Å². The van der Waals surface area contributed by atoms with Gasteiger partial charge in [-0.05, 0) is 18.8 Å². The van der Waals surface area contributed by atoms with Gasteiger partial charge in [0.05, 0.1) is 0 Å². The van der Waals surface area contributed by atoms with Gasteiger partial charge in [-0.25, -0.2) is 9.59 Å². The van der Waals surface area contributed by atoms with Crippen LogP contribution in [0.3, 0.4) is 0 Å². The van der Waals surface area contributed by atoms with Crippen molar-refractivity contribution in [1.82, 2.24) is 10.6 Å². The molecule has 1 aliphatic rings. The molecule has 21 heavy (non-hydrogen) atoms. The van der Waals surface area contributed by atoms with E-state index < -0.39 is 24.0 Å². The minimum absolute atomic E-state index is 0.124. The summed E-state index contributed by atoms with van der Waals surface area (Å²) in [6.45, 7) is 0.516. The number of nitrogens with one attached hydrogen (secondary N) is 2. The number of aliphatic carboxylic acids is 2. The van der Waals surface area contributed by atoms with E-state index in [1.807, 2.05) is 0 Å². The number of carboxylic acids is 2. The molecule has 7 nitrogen and oxygen atoms in total. The van der Waals surface area contributed by atoms with E-state index in [2.05, 4.69) is 10.6 Å². The fourth-order valence-corrected chi connectivity index (χ4v) is 2.60. The predicted octanol–water partition coefficient (Wildman–Crippen LogP) is 1.57. The molecule has 0 saturated heterocycles. The van der Waals surface area contributed by atoms with Crippen molar-refractivity contribution in [3.63, 3.8) is 0 Å². The van der Waals surface area contributed by atoms with Crippen LogP contribution in [-0.4, -0.2) is 40.8 Å². The van der Waals surface area contributed by atoms with Gasteiger partial charge >= 0.3 is 18.0 Å². The Labute approximate surface area is 124 Å². The minimum atomic E-state index is -1.22. The Morgan fingerprint density at radius 2 is 1.76 bits per heavy atom. The van der Waals surface area contributed by atoms with E-state index in [1.165, 1.54) is 32.1 Å². The van der Waals surface area contributed by atoms with Crippen molar-refractivity contribution in [2.75, 3.05) is 6.54 Å². The summed E-state index contributed by atoms with van der Waals surface area (Å²) in [4.78, 5) is 33.0. The van der Waals surface area contributed by atoms with Crippen molar-refractivity contribution in [2.45, 2.75) is 57.4 Å². The second-order valence-electron chi connectivity index (χ2n) is 5.52. The van der Waals surface area contributed by atoms with Crippen molar-refractivity contribution in [3.05, 3.63) is 0 Å². The molecule has 1 atom stereocenters. The van der Waals surface area contributed by atoms with Gasteiger partial charge in [0, 0.05) is 13.0 Å². The predicted molar refractivity (Wildman–Crippen MR) is 76.0 cm³/mol. The molecule has 1 fully saturated rings. The van der Waals surface area contributed by atoms with Crippen molar-refractivity contribution < 1.29 is 24.6 Å². The number of carbonyl (C=O) groups is 3. The molecule has 0 radical (unpaired) electrons. The second kappa shape index (κ2) is 9.20. The summed E-state index contributed by atoms with van der Waals surface area (Å²) in [5.41, 5.74) is 0. The molecule has 0 aromatic rings. The van der Waals surface area contributed by atoms with Gasteiger partial charge in [0.25, 0.3) is 0 Å². The first-order chi connectivity index (χ1) is 9.99. The highest BCUT2D eigenvalue weighted by molar-refractivity contribution is 5.82. The Balaban J connectivity index is 2.22. The first-order valence-electron chi connectivity index (χ1n) is 7.48. The normalized spacial score (nSPS) is 17.0. The van der Waals surface area contributed by atoms with Gasteiger partial charge in [-0.1, -0.05) is 32.1 Å². The topological polar surface area (TPSA) is 116 Å². The fraction of sp³-hybridized carbons (Fsp3) is 0.786. The third-order valence-electron chi connectivity index (χ3n) is 3.81. The van der Waals surface area contributed by atoms with Crippen molar-refractivity contribution in [2.24, 2.45) is 5.92 Å². The Bertz CT molecular complexity index is 366. The van der Waals surface area contributed by atoms with E-state index in [4.69, 9.17) is 10.2 Å². The zero-order valence-corrected chi connectivity index (χ0v) is 12.1. The summed E-state index contributed by atoms with van der Waals surface area (Å²) in [6, 6.07) is -1.72. The van der Waals surface area contributed by atoms with Crippen molar-refractivity contribution in [3.8, 4) is 0 Å². The molecule has 0 spiro atoms. The van der Waals surface area contributed by atoms with Crippen LogP contribution in [0, 0.1) is 5.92 Å². The lowest BCUT2D eigenvalue weighted by Crippen LogP contribution is -2.46. The first kappa shape index (κ1) is 17.3. The first-order valence-corrected chi connectivity index (χ1v) is 7.48. The molecule has 0 aromatic heterocycles. The average Bonchev–Trinajstić information content (AvgIpc) is 2.44. The number of hydrogen-bond acceptors (Lipinski definition) is 3. The Morgan fingerprint density at radius 1 is 1.10 bits per heavy atom. The van der Waals surface area contributed by atoms with Crippen LogP contribution in [0.4, 0.5) is 4.79 Å². The minimum Gasteiger partial charge on any atom is -0.481 e. The number of amides is 2. The van der Waals surface area contributed by atoms with Gasteiger partial charge in [-0.15, -0.1) is 0 Å². The molecule has 4 N–H and O–H groups in total. The summed E-state index contributed by atoms with van der Waals surface area (Å²) in [5, 5.41) is 22.4. The maximum Gasteiger partial charge on any atom is 0.326 e. The number of carboxylic acid groups (broad SMARTS) is 2. The molecular formula is C14H24N2O5. The van der Waals surface area contributed by atoms with E-state index in [1.54, 1.807) is 0 Å². The lowest BCUT2D eigenvalue weighted by atomic mass is 9.87.